The molecule has 0 aliphatic heterocycles. The molecular weight excluding hydrogens is 540 g/mol. The minimum absolute atomic E-state index is 0. The van der Waals surface area contributed by atoms with Gasteiger partial charge < -0.3 is 0 Å². The van der Waals surface area contributed by atoms with Crippen LogP contribution in [0.5, 0.6) is 0 Å². The van der Waals surface area contributed by atoms with Gasteiger partial charge in [-0.2, -0.15) is 0 Å². The van der Waals surface area contributed by atoms with Gasteiger partial charge in [-0.05, 0) is 0 Å². The summed E-state index contributed by atoms with van der Waals surface area (Å²) in [4.78, 5) is 0. The monoisotopic (exact) mass is 562 g/mol. The first kappa shape index (κ1) is 25.7. The fraction of sp³-hybridized carbons (Fsp3) is 0. The Labute approximate surface area is 213 Å². The molecule has 0 saturated carbocycles. The van der Waals surface area contributed by atoms with Crippen LogP contribution in [0, 0.1) is 0 Å². The molecule has 0 bridgehead atoms. The van der Waals surface area contributed by atoms with E-state index in [9.17, 15) is 0 Å². The Morgan fingerprint density at radius 3 is 0.643 bits per heavy atom. The predicted octanol–water partition coefficient (Wildman–Crippen LogP) is 1.92. The van der Waals surface area contributed by atoms with Crippen LogP contribution in [0.15, 0.2) is 121 Å². The van der Waals surface area contributed by atoms with Crippen LogP contribution in [-0.4, -0.2) is 80.0 Å². The van der Waals surface area contributed by atoms with Crippen LogP contribution in [0.25, 0.3) is 0 Å². The third kappa shape index (κ3) is 9.93. The molecule has 0 aliphatic rings. The summed E-state index contributed by atoms with van der Waals surface area (Å²) in [6.07, 6.45) is 0. The van der Waals surface area contributed by atoms with Gasteiger partial charge in [0.1, 0.15) is 0 Å². The van der Waals surface area contributed by atoms with Gasteiger partial charge in [0, 0.05) is 37.7 Å². The summed E-state index contributed by atoms with van der Waals surface area (Å²) in [6.45, 7) is 0. The molecule has 4 heteroatoms. The van der Waals surface area contributed by atoms with Crippen molar-refractivity contribution in [1.29, 1.82) is 0 Å². The van der Waals surface area contributed by atoms with E-state index in [1.807, 2.05) is 0 Å². The van der Waals surface area contributed by atoms with Crippen LogP contribution in [0.3, 0.4) is 0 Å². The van der Waals surface area contributed by atoms with Gasteiger partial charge in [-0.3, -0.25) is 0 Å². The molecule has 4 rings (SSSR count). The van der Waals surface area contributed by atoms with Crippen molar-refractivity contribution in [3.05, 3.63) is 121 Å². The van der Waals surface area contributed by atoms with Crippen LogP contribution >= 0.6 is 0 Å². The average molecular weight is 560 g/mol. The van der Waals surface area contributed by atoms with E-state index in [0.29, 0.717) is 0 Å². The van der Waals surface area contributed by atoms with Gasteiger partial charge in [0.05, 0.1) is 0 Å². The van der Waals surface area contributed by atoms with Crippen LogP contribution in [0.1, 0.15) is 0 Å². The maximum atomic E-state index is 2.24. The van der Waals surface area contributed by atoms with E-state index in [4.69, 9.17) is 0 Å². The average Bonchev–Trinajstić information content (AvgIpc) is 2.72. The first-order valence-electron chi connectivity index (χ1n) is 8.64. The summed E-state index contributed by atoms with van der Waals surface area (Å²) in [5.41, 5.74) is 0. The van der Waals surface area contributed by atoms with Crippen molar-refractivity contribution in [1.82, 2.24) is 0 Å². The Hall–Kier alpha value is -0.328. The fourth-order valence-electron chi connectivity index (χ4n) is 2.42. The van der Waals surface area contributed by atoms with Crippen LogP contribution in [0.4, 0.5) is 0 Å². The predicted molar refractivity (Wildman–Crippen MR) is 127 cm³/mol. The second-order valence-electron chi connectivity index (χ2n) is 5.71. The summed E-state index contributed by atoms with van der Waals surface area (Å²) in [7, 11) is 0. The molecular formula is C24H20Li2Sn2. The summed E-state index contributed by atoms with van der Waals surface area (Å²) in [5, 5.41) is 0. The number of rotatable bonds is 4. The van der Waals surface area contributed by atoms with E-state index < -0.39 is 42.3 Å². The quantitative estimate of drug-likeness (QED) is 0.336. The molecule has 0 heterocycles. The van der Waals surface area contributed by atoms with E-state index in [0.717, 1.165) is 0 Å². The second-order valence-corrected chi connectivity index (χ2v) is 13.7. The van der Waals surface area contributed by atoms with Crippen LogP contribution < -0.4 is 14.3 Å². The maximum absolute atomic E-state index is 2.24. The molecule has 126 valence electrons. The standard InChI is InChI=1S/4C6H5.2Li.2Sn/c4*1-2-4-6-5-3-1;;;;/h4*1-5H;;;;. The van der Waals surface area contributed by atoms with Crippen molar-refractivity contribution >= 4 is 94.3 Å². The third-order valence-corrected chi connectivity index (χ3v) is 10.8. The molecule has 0 nitrogen and oxygen atoms in total. The molecule has 0 spiro atoms. The van der Waals surface area contributed by atoms with Crippen LogP contribution in [-0.2, 0) is 0 Å². The van der Waals surface area contributed by atoms with Gasteiger partial charge in [-0.25, -0.2) is 0 Å². The Morgan fingerprint density at radius 1 is 0.286 bits per heavy atom. The van der Waals surface area contributed by atoms with Crippen molar-refractivity contribution in [2.75, 3.05) is 0 Å². The van der Waals surface area contributed by atoms with Gasteiger partial charge >= 0.3 is 178 Å². The zero-order valence-electron chi connectivity index (χ0n) is 16.5. The van der Waals surface area contributed by atoms with E-state index in [1.165, 1.54) is 14.3 Å². The molecule has 6 radical (unpaired) electrons. The number of hydrogen-bond acceptors (Lipinski definition) is 0. The van der Waals surface area contributed by atoms with E-state index in [2.05, 4.69) is 121 Å². The summed E-state index contributed by atoms with van der Waals surface area (Å²) < 4.78 is 6.16. The fourth-order valence-corrected chi connectivity index (χ4v) is 8.42. The van der Waals surface area contributed by atoms with Gasteiger partial charge in [0.25, 0.3) is 0 Å². The van der Waals surface area contributed by atoms with Crippen molar-refractivity contribution in [3.8, 4) is 0 Å². The molecule has 0 aliphatic carbocycles. The first-order valence-corrected chi connectivity index (χ1v) is 14.4. The Morgan fingerprint density at radius 2 is 0.464 bits per heavy atom. The number of hydrogen-bond donors (Lipinski definition) is 0. The molecule has 0 aromatic heterocycles. The molecule has 0 saturated heterocycles. The Balaban J connectivity index is 0.000000261. The van der Waals surface area contributed by atoms with Gasteiger partial charge in [0.15, 0.2) is 0 Å². The zero-order chi connectivity index (χ0) is 17.9. The number of benzene rings is 4. The molecule has 0 amide bonds. The minimum atomic E-state index is -0.517. The summed E-state index contributed by atoms with van der Waals surface area (Å²) in [6, 6.07) is 43.2. The Kier molecular flexibility index (Phi) is 14.2. The second kappa shape index (κ2) is 15.5. The SMILES string of the molecule is [Li].[Li].c1cc[c]([Sn][c]2ccccc2)cc1.c1cc[c]([Sn][c]2ccccc2)cc1. The van der Waals surface area contributed by atoms with Gasteiger partial charge in [0.2, 0.25) is 0 Å². The van der Waals surface area contributed by atoms with Crippen molar-refractivity contribution in [2.24, 2.45) is 0 Å². The van der Waals surface area contributed by atoms with Crippen LogP contribution in [0.2, 0.25) is 0 Å². The normalized spacial score (nSPS) is 9.14. The molecule has 0 atom stereocenters. The van der Waals surface area contributed by atoms with Crippen molar-refractivity contribution in [3.63, 3.8) is 0 Å². The van der Waals surface area contributed by atoms with E-state index in [-0.39, 0.29) is 37.7 Å². The summed E-state index contributed by atoms with van der Waals surface area (Å²) in [5.74, 6) is 0. The molecule has 4 aromatic rings. The molecule has 0 unspecified atom stereocenters. The van der Waals surface area contributed by atoms with Crippen molar-refractivity contribution in [2.45, 2.75) is 0 Å². The summed E-state index contributed by atoms with van der Waals surface area (Å²) >= 11 is -1.03. The van der Waals surface area contributed by atoms with Crippen molar-refractivity contribution < 1.29 is 0 Å². The third-order valence-electron chi connectivity index (χ3n) is 3.67. The van der Waals surface area contributed by atoms with Gasteiger partial charge in [-0.15, -0.1) is 0 Å². The zero-order valence-corrected chi connectivity index (χ0v) is 22.3. The molecule has 28 heavy (non-hydrogen) atoms. The molecule has 0 fully saturated rings. The molecule has 4 aromatic carbocycles. The Bertz CT molecular complexity index is 719. The van der Waals surface area contributed by atoms with E-state index in [1.54, 1.807) is 0 Å². The first-order chi connectivity index (χ1) is 12.9. The van der Waals surface area contributed by atoms with Gasteiger partial charge in [-0.1, -0.05) is 0 Å². The molecule has 0 N–H and O–H groups in total. The topological polar surface area (TPSA) is 0 Å². The van der Waals surface area contributed by atoms with E-state index >= 15 is 0 Å².